The van der Waals surface area contributed by atoms with Crippen LogP contribution in [0.15, 0.2) is 18.5 Å². The van der Waals surface area contributed by atoms with Gasteiger partial charge in [-0.25, -0.2) is 4.39 Å². The zero-order valence-electron chi connectivity index (χ0n) is 9.97. The second-order valence-corrected chi connectivity index (χ2v) is 3.81. The summed E-state index contributed by atoms with van der Waals surface area (Å²) < 4.78 is 13.3. The lowest BCUT2D eigenvalue weighted by Gasteiger charge is -2.27. The minimum atomic E-state index is -0.187. The third-order valence-electron chi connectivity index (χ3n) is 2.76. The van der Waals surface area contributed by atoms with E-state index in [2.05, 4.69) is 15.2 Å². The van der Waals surface area contributed by atoms with E-state index in [9.17, 15) is 4.39 Å². The third-order valence-corrected chi connectivity index (χ3v) is 2.76. The number of rotatable bonds is 3. The maximum absolute atomic E-state index is 13.3. The number of nitrogens with zero attached hydrogens (tertiary/aromatic N) is 2. The van der Waals surface area contributed by atoms with E-state index in [0.717, 1.165) is 44.7 Å². The minimum absolute atomic E-state index is 0. The van der Waals surface area contributed by atoms with Crippen molar-refractivity contribution in [3.63, 3.8) is 0 Å². The van der Waals surface area contributed by atoms with E-state index in [1.807, 2.05) is 0 Å². The largest absolute Gasteiger partial charge is 0.314 e. The van der Waals surface area contributed by atoms with Crippen molar-refractivity contribution in [2.24, 2.45) is 0 Å². The summed E-state index contributed by atoms with van der Waals surface area (Å²) in [5.74, 6) is -0.187. The number of piperazine rings is 1. The summed E-state index contributed by atoms with van der Waals surface area (Å²) in [7, 11) is 0. The van der Waals surface area contributed by atoms with Gasteiger partial charge in [-0.05, 0) is 18.1 Å². The van der Waals surface area contributed by atoms with Gasteiger partial charge in [0.2, 0.25) is 0 Å². The van der Waals surface area contributed by atoms with E-state index >= 15 is 0 Å². The van der Waals surface area contributed by atoms with Gasteiger partial charge in [0.05, 0.1) is 6.20 Å². The molecule has 1 aliphatic rings. The second-order valence-electron chi connectivity index (χ2n) is 3.81. The molecule has 18 heavy (non-hydrogen) atoms. The van der Waals surface area contributed by atoms with Crippen LogP contribution in [0, 0.1) is 5.82 Å². The van der Waals surface area contributed by atoms with E-state index in [0.29, 0.717) is 0 Å². The maximum Gasteiger partial charge on any atom is 0.144 e. The number of halogens is 4. The Morgan fingerprint density at radius 1 is 1.22 bits per heavy atom. The molecule has 0 unspecified atom stereocenters. The van der Waals surface area contributed by atoms with Crippen molar-refractivity contribution in [3.05, 3.63) is 29.8 Å². The van der Waals surface area contributed by atoms with Crippen LogP contribution in [0.4, 0.5) is 4.39 Å². The lowest BCUT2D eigenvalue weighted by atomic mass is 10.2. The zero-order valence-corrected chi connectivity index (χ0v) is 12.4. The Labute approximate surface area is 126 Å². The molecule has 0 amide bonds. The lowest BCUT2D eigenvalue weighted by molar-refractivity contribution is 0.243. The summed E-state index contributed by atoms with van der Waals surface area (Å²) in [5, 5.41) is 3.30. The molecule has 1 N–H and O–H groups in total. The molecule has 0 aromatic carbocycles. The molecular weight excluding hydrogens is 299 g/mol. The molecule has 0 aliphatic carbocycles. The number of hydrogen-bond acceptors (Lipinski definition) is 3. The molecule has 2 heterocycles. The van der Waals surface area contributed by atoms with Crippen molar-refractivity contribution in [1.29, 1.82) is 0 Å². The van der Waals surface area contributed by atoms with Crippen LogP contribution in [0.5, 0.6) is 0 Å². The fourth-order valence-corrected chi connectivity index (χ4v) is 1.82. The maximum atomic E-state index is 13.3. The third kappa shape index (κ3) is 6.16. The van der Waals surface area contributed by atoms with Gasteiger partial charge in [0.15, 0.2) is 0 Å². The van der Waals surface area contributed by atoms with Crippen LogP contribution in [0.25, 0.3) is 0 Å². The summed E-state index contributed by atoms with van der Waals surface area (Å²) in [6.45, 7) is 5.14. The number of hydrogen-bond donors (Lipinski definition) is 1. The van der Waals surface area contributed by atoms with E-state index in [1.165, 1.54) is 6.20 Å². The van der Waals surface area contributed by atoms with Gasteiger partial charge < -0.3 is 10.2 Å². The molecule has 1 aromatic heterocycles. The summed E-state index contributed by atoms with van der Waals surface area (Å²) in [4.78, 5) is 6.10. The molecule has 1 aromatic rings. The van der Waals surface area contributed by atoms with Crippen LogP contribution >= 0.6 is 37.2 Å². The van der Waals surface area contributed by atoms with Gasteiger partial charge in [-0.1, -0.05) is 0 Å². The van der Waals surface area contributed by atoms with E-state index < -0.39 is 0 Å². The minimum Gasteiger partial charge on any atom is -0.314 e. The molecular formula is C11H19Cl3FN3. The summed E-state index contributed by atoms with van der Waals surface area (Å²) >= 11 is 0. The zero-order chi connectivity index (χ0) is 10.5. The Morgan fingerprint density at radius 2 is 1.89 bits per heavy atom. The highest BCUT2D eigenvalue weighted by atomic mass is 35.5. The first-order valence-corrected chi connectivity index (χ1v) is 5.38. The highest BCUT2D eigenvalue weighted by Crippen LogP contribution is 2.06. The molecule has 0 saturated carbocycles. The van der Waals surface area contributed by atoms with E-state index in [1.54, 1.807) is 12.3 Å². The monoisotopic (exact) mass is 317 g/mol. The molecule has 0 atom stereocenters. The van der Waals surface area contributed by atoms with Crippen molar-refractivity contribution < 1.29 is 4.39 Å². The van der Waals surface area contributed by atoms with Gasteiger partial charge in [0.25, 0.3) is 0 Å². The fraction of sp³-hybridized carbons (Fsp3) is 0.545. The SMILES string of the molecule is Cl.Cl.Cl.Fc1cnccc1CCN1CCNCC1. The summed E-state index contributed by atoms with van der Waals surface area (Å²) in [5.41, 5.74) is 0.767. The molecule has 0 spiro atoms. The van der Waals surface area contributed by atoms with Crippen molar-refractivity contribution in [1.82, 2.24) is 15.2 Å². The van der Waals surface area contributed by atoms with Gasteiger partial charge in [-0.2, -0.15) is 0 Å². The normalized spacial score (nSPS) is 14.9. The van der Waals surface area contributed by atoms with E-state index in [-0.39, 0.29) is 43.0 Å². The van der Waals surface area contributed by atoms with Crippen LogP contribution in [0.2, 0.25) is 0 Å². The number of nitrogens with one attached hydrogen (secondary N) is 1. The first-order chi connectivity index (χ1) is 7.36. The van der Waals surface area contributed by atoms with Gasteiger partial charge in [0, 0.05) is 38.9 Å². The van der Waals surface area contributed by atoms with Gasteiger partial charge >= 0.3 is 0 Å². The van der Waals surface area contributed by atoms with Crippen molar-refractivity contribution in [2.45, 2.75) is 6.42 Å². The first kappa shape index (κ1) is 20.2. The standard InChI is InChI=1S/C11H16FN3.3ClH/c12-11-9-14-3-1-10(11)2-6-15-7-4-13-5-8-15;;;/h1,3,9,13H,2,4-8H2;3*1H. The van der Waals surface area contributed by atoms with Crippen molar-refractivity contribution >= 4 is 37.2 Å². The Hall–Kier alpha value is -0.130. The smallest absolute Gasteiger partial charge is 0.144 e. The molecule has 3 nitrogen and oxygen atoms in total. The molecule has 2 rings (SSSR count). The lowest BCUT2D eigenvalue weighted by Crippen LogP contribution is -2.44. The molecule has 1 aliphatic heterocycles. The highest BCUT2D eigenvalue weighted by Gasteiger charge is 2.10. The van der Waals surface area contributed by atoms with Crippen LogP contribution in [-0.4, -0.2) is 42.6 Å². The number of aromatic nitrogens is 1. The average molecular weight is 319 g/mol. The Morgan fingerprint density at radius 3 is 2.50 bits per heavy atom. The van der Waals surface area contributed by atoms with E-state index in [4.69, 9.17) is 0 Å². The average Bonchev–Trinajstić information content (AvgIpc) is 2.29. The quantitative estimate of drug-likeness (QED) is 0.923. The van der Waals surface area contributed by atoms with Crippen molar-refractivity contribution in [3.8, 4) is 0 Å². The molecule has 0 radical (unpaired) electrons. The van der Waals surface area contributed by atoms with Crippen molar-refractivity contribution in [2.75, 3.05) is 32.7 Å². The molecule has 1 fully saturated rings. The number of pyridine rings is 1. The van der Waals surface area contributed by atoms with Gasteiger partial charge in [0.1, 0.15) is 5.82 Å². The molecule has 7 heteroatoms. The predicted octanol–water partition coefficient (Wildman–Crippen LogP) is 1.93. The summed E-state index contributed by atoms with van der Waals surface area (Å²) in [6.07, 6.45) is 3.71. The second kappa shape index (κ2) is 10.8. The van der Waals surface area contributed by atoms with Crippen LogP contribution in [-0.2, 0) is 6.42 Å². The summed E-state index contributed by atoms with van der Waals surface area (Å²) in [6, 6.07) is 1.76. The Kier molecular flexibility index (Phi) is 12.1. The van der Waals surface area contributed by atoms with Gasteiger partial charge in [-0.3, -0.25) is 4.98 Å². The van der Waals surface area contributed by atoms with Gasteiger partial charge in [-0.15, -0.1) is 37.2 Å². The Balaban J connectivity index is 0. The topological polar surface area (TPSA) is 28.2 Å². The van der Waals surface area contributed by atoms with Crippen LogP contribution in [0.3, 0.4) is 0 Å². The molecule has 1 saturated heterocycles. The highest BCUT2D eigenvalue weighted by molar-refractivity contribution is 5.86. The molecule has 106 valence electrons. The fourth-order valence-electron chi connectivity index (χ4n) is 1.82. The van der Waals surface area contributed by atoms with Crippen LogP contribution in [0.1, 0.15) is 5.56 Å². The Bertz CT molecular complexity index is 322. The predicted molar refractivity (Wildman–Crippen MR) is 79.0 cm³/mol. The van der Waals surface area contributed by atoms with Crippen LogP contribution < -0.4 is 5.32 Å². The molecule has 0 bridgehead atoms. The first-order valence-electron chi connectivity index (χ1n) is 5.38.